The van der Waals surface area contributed by atoms with Gasteiger partial charge in [0.25, 0.3) is 5.56 Å². The minimum atomic E-state index is -0.0334. The standard InChI is InChI=1S/C20H16N4OS/c1-23(12-4-11-21)15-9-7-14(8-10-15)13-18-19(25)24-17-6-3-2-5-16(17)22-20(24)26-18/h2-3,5-10,13H,4,12H2,1H3. The molecule has 0 radical (unpaired) electrons. The summed E-state index contributed by atoms with van der Waals surface area (Å²) in [7, 11) is 1.96. The Hall–Kier alpha value is -3.17. The molecule has 26 heavy (non-hydrogen) atoms. The van der Waals surface area contributed by atoms with E-state index in [2.05, 4.69) is 11.1 Å². The van der Waals surface area contributed by atoms with Crippen LogP contribution in [0, 0.1) is 11.3 Å². The molecule has 128 valence electrons. The number of para-hydroxylation sites is 2. The van der Waals surface area contributed by atoms with Gasteiger partial charge in [0.15, 0.2) is 4.96 Å². The summed E-state index contributed by atoms with van der Waals surface area (Å²) in [6.07, 6.45) is 2.39. The second-order valence-corrected chi connectivity index (χ2v) is 7.06. The van der Waals surface area contributed by atoms with E-state index < -0.39 is 0 Å². The molecule has 0 amide bonds. The van der Waals surface area contributed by atoms with E-state index in [1.807, 2.05) is 66.6 Å². The monoisotopic (exact) mass is 360 g/mol. The third-order valence-corrected chi connectivity index (χ3v) is 5.30. The number of fused-ring (bicyclic) bond motifs is 3. The minimum absolute atomic E-state index is 0.0334. The van der Waals surface area contributed by atoms with Crippen LogP contribution in [0.2, 0.25) is 0 Å². The van der Waals surface area contributed by atoms with E-state index in [4.69, 9.17) is 5.26 Å². The fraction of sp³-hybridized carbons (Fsp3) is 0.150. The van der Waals surface area contributed by atoms with Crippen LogP contribution in [0.4, 0.5) is 5.69 Å². The second kappa shape index (κ2) is 6.62. The van der Waals surface area contributed by atoms with Crippen molar-refractivity contribution in [3.8, 4) is 6.07 Å². The number of hydrogen-bond donors (Lipinski definition) is 0. The number of aromatic nitrogens is 2. The molecule has 0 spiro atoms. The highest BCUT2D eigenvalue weighted by Crippen LogP contribution is 2.17. The number of nitriles is 1. The molecule has 4 rings (SSSR count). The molecule has 2 aromatic heterocycles. The molecule has 2 heterocycles. The van der Waals surface area contributed by atoms with Crippen LogP contribution < -0.4 is 15.0 Å². The highest BCUT2D eigenvalue weighted by Gasteiger charge is 2.10. The van der Waals surface area contributed by atoms with Crippen molar-refractivity contribution < 1.29 is 0 Å². The molecule has 0 aliphatic rings. The lowest BCUT2D eigenvalue weighted by molar-refractivity contribution is 0.905. The third-order valence-electron chi connectivity index (χ3n) is 4.34. The van der Waals surface area contributed by atoms with Crippen LogP contribution in [-0.2, 0) is 0 Å². The van der Waals surface area contributed by atoms with Crippen molar-refractivity contribution in [2.75, 3.05) is 18.5 Å². The largest absolute Gasteiger partial charge is 0.374 e. The first-order valence-corrected chi connectivity index (χ1v) is 9.09. The quantitative estimate of drug-likeness (QED) is 0.561. The molecule has 0 saturated heterocycles. The van der Waals surface area contributed by atoms with Gasteiger partial charge in [-0.1, -0.05) is 35.6 Å². The fourth-order valence-electron chi connectivity index (χ4n) is 2.94. The van der Waals surface area contributed by atoms with E-state index in [0.29, 0.717) is 17.5 Å². The zero-order chi connectivity index (χ0) is 18.1. The number of nitrogens with zero attached hydrogens (tertiary/aromatic N) is 4. The molecular formula is C20H16N4OS. The molecule has 0 unspecified atom stereocenters. The van der Waals surface area contributed by atoms with E-state index in [9.17, 15) is 4.79 Å². The Morgan fingerprint density at radius 3 is 2.77 bits per heavy atom. The zero-order valence-corrected chi connectivity index (χ0v) is 15.0. The average molecular weight is 360 g/mol. The Morgan fingerprint density at radius 1 is 1.23 bits per heavy atom. The van der Waals surface area contributed by atoms with Gasteiger partial charge >= 0.3 is 0 Å². The summed E-state index contributed by atoms with van der Waals surface area (Å²) >= 11 is 1.40. The van der Waals surface area contributed by atoms with E-state index >= 15 is 0 Å². The van der Waals surface area contributed by atoms with Gasteiger partial charge in [0.2, 0.25) is 0 Å². The maximum Gasteiger partial charge on any atom is 0.274 e. The van der Waals surface area contributed by atoms with Crippen LogP contribution in [0.3, 0.4) is 0 Å². The van der Waals surface area contributed by atoms with Crippen molar-refractivity contribution in [2.24, 2.45) is 0 Å². The molecule has 0 bridgehead atoms. The van der Waals surface area contributed by atoms with Crippen LogP contribution in [0.5, 0.6) is 0 Å². The highest BCUT2D eigenvalue weighted by molar-refractivity contribution is 7.15. The van der Waals surface area contributed by atoms with E-state index in [0.717, 1.165) is 27.2 Å². The number of benzene rings is 2. The predicted octanol–water partition coefficient (Wildman–Crippen LogP) is 2.81. The summed E-state index contributed by atoms with van der Waals surface area (Å²) in [6, 6.07) is 17.8. The lowest BCUT2D eigenvalue weighted by Crippen LogP contribution is -2.22. The summed E-state index contributed by atoms with van der Waals surface area (Å²) in [6.45, 7) is 0.694. The third kappa shape index (κ3) is 2.83. The van der Waals surface area contributed by atoms with Gasteiger partial charge in [-0.05, 0) is 35.9 Å². The van der Waals surface area contributed by atoms with Crippen molar-refractivity contribution in [3.05, 3.63) is 69.0 Å². The predicted molar refractivity (Wildman–Crippen MR) is 106 cm³/mol. The van der Waals surface area contributed by atoms with Gasteiger partial charge in [-0.15, -0.1) is 0 Å². The fourth-order valence-corrected chi connectivity index (χ4v) is 3.92. The first kappa shape index (κ1) is 16.3. The van der Waals surface area contributed by atoms with Crippen molar-refractivity contribution in [3.63, 3.8) is 0 Å². The number of anilines is 1. The van der Waals surface area contributed by atoms with Crippen LogP contribution in [0.1, 0.15) is 12.0 Å². The Kier molecular flexibility index (Phi) is 4.15. The van der Waals surface area contributed by atoms with Crippen LogP contribution in [0.25, 0.3) is 22.1 Å². The normalized spacial score (nSPS) is 11.9. The van der Waals surface area contributed by atoms with E-state index in [-0.39, 0.29) is 5.56 Å². The summed E-state index contributed by atoms with van der Waals surface area (Å²) in [5.74, 6) is 0. The summed E-state index contributed by atoms with van der Waals surface area (Å²) in [5, 5.41) is 8.69. The average Bonchev–Trinajstić information content (AvgIpc) is 3.17. The van der Waals surface area contributed by atoms with E-state index in [1.54, 1.807) is 4.40 Å². The van der Waals surface area contributed by atoms with Crippen molar-refractivity contribution in [1.82, 2.24) is 9.38 Å². The smallest absolute Gasteiger partial charge is 0.274 e. The van der Waals surface area contributed by atoms with Gasteiger partial charge in [0.1, 0.15) is 0 Å². The van der Waals surface area contributed by atoms with Crippen LogP contribution in [0.15, 0.2) is 53.3 Å². The first-order valence-electron chi connectivity index (χ1n) is 8.27. The topological polar surface area (TPSA) is 61.4 Å². The van der Waals surface area contributed by atoms with Gasteiger partial charge in [0, 0.05) is 19.3 Å². The Bertz CT molecular complexity index is 1230. The molecule has 5 nitrogen and oxygen atoms in total. The number of imidazole rings is 1. The molecule has 4 aromatic rings. The number of rotatable bonds is 4. The van der Waals surface area contributed by atoms with Gasteiger partial charge in [-0.3, -0.25) is 4.79 Å². The Balaban J connectivity index is 1.71. The summed E-state index contributed by atoms with van der Waals surface area (Å²) in [4.78, 5) is 20.1. The van der Waals surface area contributed by atoms with Crippen LogP contribution in [-0.4, -0.2) is 23.0 Å². The first-order chi connectivity index (χ1) is 12.7. The molecular weight excluding hydrogens is 344 g/mol. The molecule has 0 saturated carbocycles. The molecule has 2 aromatic carbocycles. The van der Waals surface area contributed by atoms with Crippen molar-refractivity contribution in [1.29, 1.82) is 5.26 Å². The molecule has 0 fully saturated rings. The van der Waals surface area contributed by atoms with Crippen molar-refractivity contribution >= 4 is 39.1 Å². The molecule has 0 aliphatic heterocycles. The Labute approximate surface area is 154 Å². The maximum atomic E-state index is 12.8. The van der Waals surface area contributed by atoms with E-state index in [1.165, 1.54) is 11.3 Å². The molecule has 0 atom stereocenters. The van der Waals surface area contributed by atoms with Crippen molar-refractivity contribution in [2.45, 2.75) is 6.42 Å². The number of thiazole rings is 1. The Morgan fingerprint density at radius 2 is 2.00 bits per heavy atom. The molecule has 6 heteroatoms. The SMILES string of the molecule is CN(CCC#N)c1ccc(C=c2sc3nc4ccccc4n3c2=O)cc1. The van der Waals surface area contributed by atoms with Gasteiger partial charge in [-0.2, -0.15) is 5.26 Å². The van der Waals surface area contributed by atoms with Gasteiger partial charge < -0.3 is 4.90 Å². The maximum absolute atomic E-state index is 12.8. The number of hydrogen-bond acceptors (Lipinski definition) is 5. The lowest BCUT2D eigenvalue weighted by atomic mass is 10.2. The molecule has 0 aliphatic carbocycles. The summed E-state index contributed by atoms with van der Waals surface area (Å²) < 4.78 is 2.35. The summed E-state index contributed by atoms with van der Waals surface area (Å²) in [5.41, 5.74) is 3.67. The van der Waals surface area contributed by atoms with Crippen LogP contribution >= 0.6 is 11.3 Å². The molecule has 0 N–H and O–H groups in total. The van der Waals surface area contributed by atoms with Gasteiger partial charge in [0.05, 0.1) is 28.1 Å². The van der Waals surface area contributed by atoms with Gasteiger partial charge in [-0.25, -0.2) is 9.38 Å². The minimum Gasteiger partial charge on any atom is -0.374 e. The highest BCUT2D eigenvalue weighted by atomic mass is 32.1. The lowest BCUT2D eigenvalue weighted by Gasteiger charge is -2.17. The second-order valence-electron chi connectivity index (χ2n) is 6.06. The zero-order valence-electron chi connectivity index (χ0n) is 14.2.